The first-order chi connectivity index (χ1) is 7.66. The normalized spacial score (nSPS) is 14.8. The number of rotatable bonds is 5. The quantitative estimate of drug-likeness (QED) is 0.831. The zero-order chi connectivity index (χ0) is 11.5. The summed E-state index contributed by atoms with van der Waals surface area (Å²) in [7, 11) is 0. The number of anilines is 1. The summed E-state index contributed by atoms with van der Waals surface area (Å²) in [5.41, 5.74) is 0.0885. The molecule has 1 aromatic rings. The van der Waals surface area contributed by atoms with E-state index in [1.165, 1.54) is 25.1 Å². The number of nitrogens with one attached hydrogen (secondary N) is 1. The SMILES string of the molecule is O=C(O)c1cc(NCCC2CC2)ncc1Cl. The van der Waals surface area contributed by atoms with Crippen molar-refractivity contribution in [3.8, 4) is 0 Å². The molecule has 1 heterocycles. The predicted octanol–water partition coefficient (Wildman–Crippen LogP) is 2.65. The number of aromatic nitrogens is 1. The van der Waals surface area contributed by atoms with E-state index in [2.05, 4.69) is 10.3 Å². The van der Waals surface area contributed by atoms with Crippen molar-refractivity contribution in [1.82, 2.24) is 4.98 Å². The number of hydrogen-bond donors (Lipinski definition) is 2. The zero-order valence-electron chi connectivity index (χ0n) is 8.74. The standard InChI is InChI=1S/C11H13ClN2O2/c12-9-6-14-10(5-8(9)11(15)16)13-4-3-7-1-2-7/h5-7H,1-4H2,(H,13,14)(H,15,16). The second-order valence-corrected chi connectivity index (χ2v) is 4.42. The maximum absolute atomic E-state index is 10.8. The van der Waals surface area contributed by atoms with Crippen LogP contribution in [0.4, 0.5) is 5.82 Å². The molecule has 0 unspecified atom stereocenters. The monoisotopic (exact) mass is 240 g/mol. The minimum Gasteiger partial charge on any atom is -0.478 e. The number of pyridine rings is 1. The lowest BCUT2D eigenvalue weighted by atomic mass is 10.2. The molecule has 0 spiro atoms. The van der Waals surface area contributed by atoms with Gasteiger partial charge in [-0.2, -0.15) is 0 Å². The molecule has 0 atom stereocenters. The van der Waals surface area contributed by atoms with Gasteiger partial charge in [0.1, 0.15) is 5.82 Å². The molecule has 86 valence electrons. The molecule has 1 aliphatic carbocycles. The lowest BCUT2D eigenvalue weighted by Crippen LogP contribution is -2.06. The topological polar surface area (TPSA) is 62.2 Å². The van der Waals surface area contributed by atoms with E-state index in [-0.39, 0.29) is 10.6 Å². The Balaban J connectivity index is 1.97. The fourth-order valence-electron chi connectivity index (χ4n) is 1.51. The van der Waals surface area contributed by atoms with Gasteiger partial charge in [0.05, 0.1) is 10.6 Å². The van der Waals surface area contributed by atoms with Crippen LogP contribution in [0, 0.1) is 5.92 Å². The van der Waals surface area contributed by atoms with Gasteiger partial charge in [0.2, 0.25) is 0 Å². The Bertz CT molecular complexity index is 405. The number of hydrogen-bond acceptors (Lipinski definition) is 3. The molecule has 5 heteroatoms. The molecule has 0 saturated heterocycles. The van der Waals surface area contributed by atoms with Crippen LogP contribution in [0.15, 0.2) is 12.3 Å². The van der Waals surface area contributed by atoms with Crippen molar-refractivity contribution in [2.75, 3.05) is 11.9 Å². The van der Waals surface area contributed by atoms with Gasteiger partial charge < -0.3 is 10.4 Å². The molecule has 1 fully saturated rings. The van der Waals surface area contributed by atoms with Crippen molar-refractivity contribution in [1.29, 1.82) is 0 Å². The first-order valence-corrected chi connectivity index (χ1v) is 5.67. The van der Waals surface area contributed by atoms with Gasteiger partial charge in [0, 0.05) is 12.7 Å². The Kier molecular flexibility index (Phi) is 3.29. The van der Waals surface area contributed by atoms with Gasteiger partial charge in [-0.25, -0.2) is 9.78 Å². The summed E-state index contributed by atoms with van der Waals surface area (Å²) in [6.45, 7) is 0.832. The van der Waals surface area contributed by atoms with Crippen LogP contribution in [0.5, 0.6) is 0 Å². The lowest BCUT2D eigenvalue weighted by Gasteiger charge is -2.06. The van der Waals surface area contributed by atoms with Crippen molar-refractivity contribution >= 4 is 23.4 Å². The van der Waals surface area contributed by atoms with Crippen molar-refractivity contribution in [2.24, 2.45) is 5.92 Å². The van der Waals surface area contributed by atoms with Crippen LogP contribution in [0.1, 0.15) is 29.6 Å². The third-order valence-electron chi connectivity index (χ3n) is 2.64. The first-order valence-electron chi connectivity index (χ1n) is 5.29. The van der Waals surface area contributed by atoms with E-state index in [1.54, 1.807) is 0 Å². The summed E-state index contributed by atoms with van der Waals surface area (Å²) in [6.07, 6.45) is 5.11. The van der Waals surface area contributed by atoms with Crippen molar-refractivity contribution < 1.29 is 9.90 Å². The molecule has 0 amide bonds. The number of carboxylic acid groups (broad SMARTS) is 1. The molecule has 0 radical (unpaired) electrons. The zero-order valence-corrected chi connectivity index (χ0v) is 9.50. The number of carboxylic acids is 1. The molecule has 2 rings (SSSR count). The van der Waals surface area contributed by atoms with Crippen LogP contribution < -0.4 is 5.32 Å². The van der Waals surface area contributed by atoms with Gasteiger partial charge in [-0.05, 0) is 18.4 Å². The number of aromatic carboxylic acids is 1. The van der Waals surface area contributed by atoms with Crippen LogP contribution in [-0.2, 0) is 0 Å². The molecule has 0 bridgehead atoms. The van der Waals surface area contributed by atoms with E-state index in [0.29, 0.717) is 5.82 Å². The summed E-state index contributed by atoms with van der Waals surface area (Å²) in [6, 6.07) is 1.47. The predicted molar refractivity (Wildman–Crippen MR) is 62.0 cm³/mol. The largest absolute Gasteiger partial charge is 0.478 e. The van der Waals surface area contributed by atoms with E-state index in [9.17, 15) is 4.79 Å². The van der Waals surface area contributed by atoms with Crippen LogP contribution in [0.25, 0.3) is 0 Å². The molecule has 4 nitrogen and oxygen atoms in total. The minimum absolute atomic E-state index is 0.0885. The number of carbonyl (C=O) groups is 1. The lowest BCUT2D eigenvalue weighted by molar-refractivity contribution is 0.0697. The van der Waals surface area contributed by atoms with Crippen LogP contribution in [0.3, 0.4) is 0 Å². The summed E-state index contributed by atoms with van der Waals surface area (Å²) >= 11 is 5.71. The Labute approximate surface area is 98.6 Å². The van der Waals surface area contributed by atoms with Gasteiger partial charge >= 0.3 is 5.97 Å². The smallest absolute Gasteiger partial charge is 0.337 e. The minimum atomic E-state index is -1.03. The van der Waals surface area contributed by atoms with E-state index < -0.39 is 5.97 Å². The molecule has 0 aliphatic heterocycles. The highest BCUT2D eigenvalue weighted by molar-refractivity contribution is 6.33. The van der Waals surface area contributed by atoms with Crippen molar-refractivity contribution in [3.05, 3.63) is 22.8 Å². The van der Waals surface area contributed by atoms with Gasteiger partial charge in [-0.1, -0.05) is 24.4 Å². The van der Waals surface area contributed by atoms with E-state index in [0.717, 1.165) is 18.9 Å². The molecular weight excluding hydrogens is 228 g/mol. The van der Waals surface area contributed by atoms with E-state index in [4.69, 9.17) is 16.7 Å². The molecule has 0 aromatic carbocycles. The number of halogens is 1. The van der Waals surface area contributed by atoms with Gasteiger partial charge in [0.25, 0.3) is 0 Å². The van der Waals surface area contributed by atoms with Crippen molar-refractivity contribution in [2.45, 2.75) is 19.3 Å². The third-order valence-corrected chi connectivity index (χ3v) is 2.94. The summed E-state index contributed by atoms with van der Waals surface area (Å²) in [5, 5.41) is 12.1. The van der Waals surface area contributed by atoms with E-state index in [1.807, 2.05) is 0 Å². The second-order valence-electron chi connectivity index (χ2n) is 4.01. The summed E-state index contributed by atoms with van der Waals surface area (Å²) < 4.78 is 0. The van der Waals surface area contributed by atoms with Crippen LogP contribution >= 0.6 is 11.6 Å². The second kappa shape index (κ2) is 4.70. The average Bonchev–Trinajstić information content (AvgIpc) is 3.04. The van der Waals surface area contributed by atoms with Gasteiger partial charge in [-0.15, -0.1) is 0 Å². The highest BCUT2D eigenvalue weighted by atomic mass is 35.5. The Hall–Kier alpha value is -1.29. The number of nitrogens with zero attached hydrogens (tertiary/aromatic N) is 1. The average molecular weight is 241 g/mol. The summed E-state index contributed by atoms with van der Waals surface area (Å²) in [5.74, 6) is 0.388. The fourth-order valence-corrected chi connectivity index (χ4v) is 1.69. The van der Waals surface area contributed by atoms with Crippen LogP contribution in [-0.4, -0.2) is 22.6 Å². The van der Waals surface area contributed by atoms with Crippen molar-refractivity contribution in [3.63, 3.8) is 0 Å². The first kappa shape index (κ1) is 11.2. The fraction of sp³-hybridized carbons (Fsp3) is 0.455. The van der Waals surface area contributed by atoms with Gasteiger partial charge in [-0.3, -0.25) is 0 Å². The molecular formula is C11H13ClN2O2. The molecule has 16 heavy (non-hydrogen) atoms. The Morgan fingerprint density at radius 2 is 2.38 bits per heavy atom. The molecule has 1 saturated carbocycles. The highest BCUT2D eigenvalue weighted by Gasteiger charge is 2.20. The molecule has 2 N–H and O–H groups in total. The Morgan fingerprint density at radius 1 is 1.62 bits per heavy atom. The summed E-state index contributed by atoms with van der Waals surface area (Å²) in [4.78, 5) is 14.9. The van der Waals surface area contributed by atoms with E-state index >= 15 is 0 Å². The molecule has 1 aromatic heterocycles. The highest BCUT2D eigenvalue weighted by Crippen LogP contribution is 2.32. The Morgan fingerprint density at radius 3 is 3.00 bits per heavy atom. The maximum Gasteiger partial charge on any atom is 0.337 e. The third kappa shape index (κ3) is 2.85. The maximum atomic E-state index is 10.8. The van der Waals surface area contributed by atoms with Gasteiger partial charge in [0.15, 0.2) is 0 Å². The molecule has 1 aliphatic rings. The van der Waals surface area contributed by atoms with Crippen LogP contribution in [0.2, 0.25) is 5.02 Å².